The van der Waals surface area contributed by atoms with Crippen molar-refractivity contribution in [3.05, 3.63) is 21.9 Å². The lowest BCUT2D eigenvalue weighted by molar-refractivity contribution is -0.148. The zero-order valence-electron chi connectivity index (χ0n) is 12.2. The molecule has 0 aliphatic carbocycles. The SMILES string of the molecule is CCC1(C(=O)O)CCN(C(=O)N2CCc3sccc3C2)C1. The lowest BCUT2D eigenvalue weighted by atomic mass is 9.84. The van der Waals surface area contributed by atoms with Crippen molar-refractivity contribution in [2.45, 2.75) is 32.7 Å². The number of fused-ring (bicyclic) bond motifs is 1. The summed E-state index contributed by atoms with van der Waals surface area (Å²) in [5.41, 5.74) is 0.484. The van der Waals surface area contributed by atoms with Crippen LogP contribution in [0, 0.1) is 5.41 Å². The number of thiophene rings is 1. The van der Waals surface area contributed by atoms with Crippen molar-refractivity contribution in [3.8, 4) is 0 Å². The average Bonchev–Trinajstić information content (AvgIpc) is 3.13. The molecule has 1 unspecified atom stereocenters. The predicted octanol–water partition coefficient (Wildman–Crippen LogP) is 2.41. The molecular formula is C15H20N2O3S. The van der Waals surface area contributed by atoms with Gasteiger partial charge >= 0.3 is 12.0 Å². The van der Waals surface area contributed by atoms with Crippen molar-refractivity contribution in [1.29, 1.82) is 0 Å². The number of rotatable bonds is 2. The van der Waals surface area contributed by atoms with Crippen LogP contribution in [0.5, 0.6) is 0 Å². The molecule has 3 heterocycles. The van der Waals surface area contributed by atoms with Gasteiger partial charge in [-0.15, -0.1) is 11.3 Å². The summed E-state index contributed by atoms with van der Waals surface area (Å²) < 4.78 is 0. The van der Waals surface area contributed by atoms with Crippen molar-refractivity contribution in [1.82, 2.24) is 9.80 Å². The van der Waals surface area contributed by atoms with Gasteiger partial charge in [0, 0.05) is 31.1 Å². The van der Waals surface area contributed by atoms with E-state index in [2.05, 4.69) is 11.4 Å². The number of urea groups is 1. The number of carboxylic acid groups (broad SMARTS) is 1. The molecule has 1 N–H and O–H groups in total. The smallest absolute Gasteiger partial charge is 0.320 e. The maximum absolute atomic E-state index is 12.6. The fraction of sp³-hybridized carbons (Fsp3) is 0.600. The molecule has 2 aliphatic heterocycles. The number of carbonyl (C=O) groups excluding carboxylic acids is 1. The topological polar surface area (TPSA) is 60.9 Å². The molecule has 0 saturated carbocycles. The zero-order chi connectivity index (χ0) is 15.0. The molecule has 5 nitrogen and oxygen atoms in total. The van der Waals surface area contributed by atoms with E-state index in [4.69, 9.17) is 0 Å². The largest absolute Gasteiger partial charge is 0.481 e. The van der Waals surface area contributed by atoms with Crippen LogP contribution < -0.4 is 0 Å². The number of aliphatic carboxylic acids is 1. The standard InChI is InChI=1S/C15H20N2O3S/c1-2-15(13(18)19)5-7-17(10-15)14(20)16-6-3-12-11(9-16)4-8-21-12/h4,8H,2-3,5-7,9-10H2,1H3,(H,18,19). The van der Waals surface area contributed by atoms with Gasteiger partial charge in [0.25, 0.3) is 0 Å². The number of carbonyl (C=O) groups is 2. The van der Waals surface area contributed by atoms with Gasteiger partial charge < -0.3 is 14.9 Å². The Morgan fingerprint density at radius 3 is 2.86 bits per heavy atom. The van der Waals surface area contributed by atoms with Crippen molar-refractivity contribution >= 4 is 23.3 Å². The van der Waals surface area contributed by atoms with Crippen LogP contribution in [0.3, 0.4) is 0 Å². The average molecular weight is 308 g/mol. The maximum Gasteiger partial charge on any atom is 0.320 e. The Balaban J connectivity index is 1.69. The summed E-state index contributed by atoms with van der Waals surface area (Å²) in [4.78, 5) is 29.0. The van der Waals surface area contributed by atoms with Gasteiger partial charge in [-0.25, -0.2) is 4.79 Å². The normalized spacial score (nSPS) is 25.0. The minimum Gasteiger partial charge on any atom is -0.481 e. The summed E-state index contributed by atoms with van der Waals surface area (Å²) in [6.45, 7) is 4.16. The minimum atomic E-state index is -0.779. The number of likely N-dealkylation sites (tertiary alicyclic amines) is 1. The maximum atomic E-state index is 12.6. The number of nitrogens with zero attached hydrogens (tertiary/aromatic N) is 2. The van der Waals surface area contributed by atoms with Crippen LogP contribution in [0.4, 0.5) is 4.79 Å². The third-order valence-corrected chi connectivity index (χ3v) is 5.86. The highest BCUT2D eigenvalue weighted by Crippen LogP contribution is 2.35. The van der Waals surface area contributed by atoms with E-state index in [1.807, 2.05) is 11.8 Å². The van der Waals surface area contributed by atoms with Crippen molar-refractivity contribution < 1.29 is 14.7 Å². The molecule has 2 aliphatic rings. The lowest BCUT2D eigenvalue weighted by Crippen LogP contribution is -2.45. The first-order valence-electron chi connectivity index (χ1n) is 7.38. The van der Waals surface area contributed by atoms with Gasteiger partial charge in [-0.3, -0.25) is 4.79 Å². The Morgan fingerprint density at radius 2 is 2.19 bits per heavy atom. The molecule has 0 radical (unpaired) electrons. The van der Waals surface area contributed by atoms with Crippen molar-refractivity contribution in [2.24, 2.45) is 5.41 Å². The third-order valence-electron chi connectivity index (χ3n) is 4.83. The molecule has 114 valence electrons. The van der Waals surface area contributed by atoms with Crippen LogP contribution in [-0.2, 0) is 17.8 Å². The van der Waals surface area contributed by atoms with E-state index in [1.54, 1.807) is 16.2 Å². The number of carboxylic acids is 1. The summed E-state index contributed by atoms with van der Waals surface area (Å²) in [6, 6.07) is 2.07. The van der Waals surface area contributed by atoms with Gasteiger partial charge in [0.2, 0.25) is 0 Å². The van der Waals surface area contributed by atoms with Crippen molar-refractivity contribution in [2.75, 3.05) is 19.6 Å². The first-order chi connectivity index (χ1) is 10.1. The van der Waals surface area contributed by atoms with E-state index in [1.165, 1.54) is 10.4 Å². The summed E-state index contributed by atoms with van der Waals surface area (Å²) in [5, 5.41) is 11.5. The van der Waals surface area contributed by atoms with E-state index in [0.717, 1.165) is 13.0 Å². The van der Waals surface area contributed by atoms with Crippen LogP contribution in [-0.4, -0.2) is 46.5 Å². The van der Waals surface area contributed by atoms with E-state index in [-0.39, 0.29) is 6.03 Å². The summed E-state index contributed by atoms with van der Waals surface area (Å²) >= 11 is 1.75. The zero-order valence-corrected chi connectivity index (χ0v) is 13.0. The quantitative estimate of drug-likeness (QED) is 0.912. The van der Waals surface area contributed by atoms with Gasteiger partial charge in [-0.2, -0.15) is 0 Å². The second kappa shape index (κ2) is 5.33. The van der Waals surface area contributed by atoms with Gasteiger partial charge in [-0.1, -0.05) is 6.92 Å². The van der Waals surface area contributed by atoms with E-state index >= 15 is 0 Å². The van der Waals surface area contributed by atoms with E-state index in [9.17, 15) is 14.7 Å². The molecule has 0 aromatic carbocycles. The highest BCUT2D eigenvalue weighted by atomic mass is 32.1. The predicted molar refractivity (Wildman–Crippen MR) is 80.4 cm³/mol. The molecule has 21 heavy (non-hydrogen) atoms. The van der Waals surface area contributed by atoms with Gasteiger partial charge in [-0.05, 0) is 36.3 Å². The monoisotopic (exact) mass is 308 g/mol. The van der Waals surface area contributed by atoms with Gasteiger partial charge in [0.15, 0.2) is 0 Å². The highest BCUT2D eigenvalue weighted by Gasteiger charge is 2.45. The molecule has 1 aromatic rings. The second-order valence-corrected chi connectivity index (χ2v) is 6.93. The Labute approximate surface area is 128 Å². The van der Waals surface area contributed by atoms with Gasteiger partial charge in [0.05, 0.1) is 5.41 Å². The third kappa shape index (κ3) is 2.41. The Kier molecular flexibility index (Phi) is 3.65. The first kappa shape index (κ1) is 14.4. The van der Waals surface area contributed by atoms with Crippen LogP contribution in [0.15, 0.2) is 11.4 Å². The summed E-state index contributed by atoms with van der Waals surface area (Å²) in [6.07, 6.45) is 2.04. The lowest BCUT2D eigenvalue weighted by Gasteiger charge is -2.32. The molecule has 0 spiro atoms. The van der Waals surface area contributed by atoms with Crippen LogP contribution in [0.1, 0.15) is 30.2 Å². The Bertz CT molecular complexity index is 571. The summed E-state index contributed by atoms with van der Waals surface area (Å²) in [5.74, 6) is -0.779. The molecular weight excluding hydrogens is 288 g/mol. The first-order valence-corrected chi connectivity index (χ1v) is 8.26. The Hall–Kier alpha value is -1.56. The van der Waals surface area contributed by atoms with E-state index in [0.29, 0.717) is 32.5 Å². The minimum absolute atomic E-state index is 0.0107. The fourth-order valence-electron chi connectivity index (χ4n) is 3.26. The Morgan fingerprint density at radius 1 is 1.38 bits per heavy atom. The van der Waals surface area contributed by atoms with Crippen molar-refractivity contribution in [3.63, 3.8) is 0 Å². The second-order valence-electron chi connectivity index (χ2n) is 5.93. The number of hydrogen-bond donors (Lipinski definition) is 1. The molecule has 1 atom stereocenters. The van der Waals surface area contributed by atoms with Crippen LogP contribution in [0.25, 0.3) is 0 Å². The molecule has 3 rings (SSSR count). The molecule has 2 amide bonds. The van der Waals surface area contributed by atoms with Crippen LogP contribution in [0.2, 0.25) is 0 Å². The summed E-state index contributed by atoms with van der Waals surface area (Å²) in [7, 11) is 0. The molecule has 1 aromatic heterocycles. The van der Waals surface area contributed by atoms with Crippen LogP contribution >= 0.6 is 11.3 Å². The highest BCUT2D eigenvalue weighted by molar-refractivity contribution is 7.10. The van der Waals surface area contributed by atoms with Gasteiger partial charge in [0.1, 0.15) is 0 Å². The van der Waals surface area contributed by atoms with E-state index < -0.39 is 11.4 Å². The number of amides is 2. The molecule has 6 heteroatoms. The molecule has 0 bridgehead atoms. The molecule has 1 saturated heterocycles. The fourth-order valence-corrected chi connectivity index (χ4v) is 4.15. The number of hydrogen-bond acceptors (Lipinski definition) is 3. The molecule has 1 fully saturated rings.